The van der Waals surface area contributed by atoms with Gasteiger partial charge in [0.2, 0.25) is 11.8 Å². The molecule has 1 N–H and O–H groups in total. The van der Waals surface area contributed by atoms with Crippen LogP contribution in [-0.4, -0.2) is 11.8 Å². The van der Waals surface area contributed by atoms with Gasteiger partial charge in [0.25, 0.3) is 0 Å². The van der Waals surface area contributed by atoms with E-state index in [2.05, 4.69) is 18.3 Å². The van der Waals surface area contributed by atoms with Crippen molar-refractivity contribution < 1.29 is 9.59 Å². The number of amides is 2. The number of hydrogen-bond acceptors (Lipinski definition) is 2. The van der Waals surface area contributed by atoms with Crippen molar-refractivity contribution in [2.24, 2.45) is 11.8 Å². The Morgan fingerprint density at radius 3 is 2.53 bits per heavy atom. The highest BCUT2D eigenvalue weighted by atomic mass is 16.2. The second-order valence-corrected chi connectivity index (χ2v) is 4.67. The van der Waals surface area contributed by atoms with E-state index in [4.69, 9.17) is 0 Å². The minimum absolute atomic E-state index is 0.113. The summed E-state index contributed by atoms with van der Waals surface area (Å²) in [6.45, 7) is 4.14. The Balaban J connectivity index is 2.36. The first kappa shape index (κ1) is 13.9. The van der Waals surface area contributed by atoms with Crippen molar-refractivity contribution in [2.45, 2.75) is 52.4 Å². The molecule has 0 saturated carbocycles. The van der Waals surface area contributed by atoms with Gasteiger partial charge in [0.1, 0.15) is 0 Å². The molecule has 3 nitrogen and oxygen atoms in total. The summed E-state index contributed by atoms with van der Waals surface area (Å²) < 4.78 is 0. The molecule has 2 amide bonds. The number of carbonyl (C=O) groups excluding carboxylic acids is 2. The molecule has 1 fully saturated rings. The summed E-state index contributed by atoms with van der Waals surface area (Å²) in [4.78, 5) is 23.0. The molecular weight excluding hydrogens is 214 g/mol. The quantitative estimate of drug-likeness (QED) is 0.420. The number of nitrogens with one attached hydrogen (secondary N) is 1. The number of unbranched alkanes of at least 4 members (excludes halogenated alkanes) is 4. The Hall–Kier alpha value is -1.12. The lowest BCUT2D eigenvalue weighted by atomic mass is 9.92. The summed E-state index contributed by atoms with van der Waals surface area (Å²) in [6, 6.07) is 0. The van der Waals surface area contributed by atoms with E-state index in [0.717, 1.165) is 12.8 Å². The van der Waals surface area contributed by atoms with Gasteiger partial charge >= 0.3 is 0 Å². The maximum atomic E-state index is 11.5. The Bertz CT molecular complexity index is 297. The molecule has 0 aromatic rings. The fraction of sp³-hybridized carbons (Fsp3) is 0.714. The minimum Gasteiger partial charge on any atom is -0.296 e. The van der Waals surface area contributed by atoms with Crippen molar-refractivity contribution in [3.63, 3.8) is 0 Å². The van der Waals surface area contributed by atoms with Crippen molar-refractivity contribution in [3.8, 4) is 0 Å². The van der Waals surface area contributed by atoms with Gasteiger partial charge < -0.3 is 0 Å². The Kier molecular flexibility index (Phi) is 5.95. The summed E-state index contributed by atoms with van der Waals surface area (Å²) in [5.74, 6) is -0.641. The van der Waals surface area contributed by atoms with Crippen molar-refractivity contribution >= 4 is 11.8 Å². The van der Waals surface area contributed by atoms with E-state index in [0.29, 0.717) is 0 Å². The molecule has 1 aliphatic heterocycles. The molecular formula is C14H23NO2. The predicted molar refractivity (Wildman–Crippen MR) is 68.3 cm³/mol. The van der Waals surface area contributed by atoms with E-state index in [9.17, 15) is 9.59 Å². The van der Waals surface area contributed by atoms with E-state index < -0.39 is 0 Å². The molecule has 96 valence electrons. The Morgan fingerprint density at radius 2 is 1.88 bits per heavy atom. The zero-order valence-electron chi connectivity index (χ0n) is 10.9. The number of imide groups is 1. The third-order valence-electron chi connectivity index (χ3n) is 3.33. The lowest BCUT2D eigenvalue weighted by Crippen LogP contribution is -2.22. The van der Waals surface area contributed by atoms with Gasteiger partial charge in [0.05, 0.1) is 11.8 Å². The van der Waals surface area contributed by atoms with Crippen LogP contribution >= 0.6 is 0 Å². The lowest BCUT2D eigenvalue weighted by Gasteiger charge is -2.07. The zero-order chi connectivity index (χ0) is 12.7. The van der Waals surface area contributed by atoms with Gasteiger partial charge in [0.15, 0.2) is 0 Å². The van der Waals surface area contributed by atoms with Crippen molar-refractivity contribution in [2.75, 3.05) is 0 Å². The largest absolute Gasteiger partial charge is 0.296 e. The fourth-order valence-electron chi connectivity index (χ4n) is 2.24. The highest BCUT2D eigenvalue weighted by molar-refractivity contribution is 6.05. The van der Waals surface area contributed by atoms with Gasteiger partial charge in [-0.1, -0.05) is 45.3 Å². The Labute approximate surface area is 104 Å². The van der Waals surface area contributed by atoms with Crippen LogP contribution in [0.5, 0.6) is 0 Å². The topological polar surface area (TPSA) is 46.2 Å². The third kappa shape index (κ3) is 3.99. The van der Waals surface area contributed by atoms with Gasteiger partial charge in [-0.25, -0.2) is 0 Å². The first-order valence-corrected chi connectivity index (χ1v) is 6.72. The highest BCUT2D eigenvalue weighted by Crippen LogP contribution is 2.23. The molecule has 2 unspecified atom stereocenters. The molecule has 0 aromatic carbocycles. The minimum atomic E-state index is -0.237. The molecule has 0 bridgehead atoms. The lowest BCUT2D eigenvalue weighted by molar-refractivity contribution is -0.126. The van der Waals surface area contributed by atoms with Gasteiger partial charge in [-0.05, 0) is 19.3 Å². The molecule has 0 spiro atoms. The maximum Gasteiger partial charge on any atom is 0.234 e. The monoisotopic (exact) mass is 237 g/mol. The molecule has 1 saturated heterocycles. The summed E-state index contributed by atoms with van der Waals surface area (Å²) >= 11 is 0. The average molecular weight is 237 g/mol. The van der Waals surface area contributed by atoms with Gasteiger partial charge in [-0.2, -0.15) is 0 Å². The van der Waals surface area contributed by atoms with E-state index in [1.165, 1.54) is 25.7 Å². The number of allylic oxidation sites excluding steroid dienone is 1. The zero-order valence-corrected chi connectivity index (χ0v) is 10.9. The number of hydrogen-bond donors (Lipinski definition) is 1. The second kappa shape index (κ2) is 7.25. The van der Waals surface area contributed by atoms with E-state index >= 15 is 0 Å². The van der Waals surface area contributed by atoms with Crippen molar-refractivity contribution in [3.05, 3.63) is 12.2 Å². The van der Waals surface area contributed by atoms with Crippen molar-refractivity contribution in [1.82, 2.24) is 5.32 Å². The molecule has 1 heterocycles. The normalized spacial score (nSPS) is 24.6. The fourth-order valence-corrected chi connectivity index (χ4v) is 2.24. The number of carbonyl (C=O) groups is 2. The van der Waals surface area contributed by atoms with Crippen LogP contribution in [0.3, 0.4) is 0 Å². The van der Waals surface area contributed by atoms with Crippen LogP contribution in [0.15, 0.2) is 12.2 Å². The van der Waals surface area contributed by atoms with Crippen LogP contribution in [0, 0.1) is 11.8 Å². The Morgan fingerprint density at radius 1 is 1.12 bits per heavy atom. The van der Waals surface area contributed by atoms with E-state index in [-0.39, 0.29) is 23.7 Å². The van der Waals surface area contributed by atoms with Gasteiger partial charge in [0, 0.05) is 0 Å². The maximum absolute atomic E-state index is 11.5. The smallest absolute Gasteiger partial charge is 0.234 e. The highest BCUT2D eigenvalue weighted by Gasteiger charge is 2.38. The predicted octanol–water partition coefficient (Wildman–Crippen LogP) is 2.81. The van der Waals surface area contributed by atoms with Crippen molar-refractivity contribution in [1.29, 1.82) is 0 Å². The van der Waals surface area contributed by atoms with Crippen LogP contribution in [0.4, 0.5) is 0 Å². The first-order valence-electron chi connectivity index (χ1n) is 6.72. The van der Waals surface area contributed by atoms with E-state index in [1.54, 1.807) is 0 Å². The van der Waals surface area contributed by atoms with Gasteiger partial charge in [-0.3, -0.25) is 14.9 Å². The molecule has 0 radical (unpaired) electrons. The second-order valence-electron chi connectivity index (χ2n) is 4.67. The van der Waals surface area contributed by atoms with E-state index in [1.807, 2.05) is 13.0 Å². The standard InChI is InChI=1S/C14H23NO2/c1-3-5-6-7-8-9-10-12-11(4-2)13(16)15-14(12)17/h9-12H,3-8H2,1-2H3,(H,15,16,17). The van der Waals surface area contributed by atoms with Crippen LogP contribution in [-0.2, 0) is 9.59 Å². The summed E-state index contributed by atoms with van der Waals surface area (Å²) in [7, 11) is 0. The molecule has 3 heteroatoms. The molecule has 2 atom stereocenters. The summed E-state index contributed by atoms with van der Waals surface area (Å²) in [5.41, 5.74) is 0. The van der Waals surface area contributed by atoms with Crippen LogP contribution in [0.2, 0.25) is 0 Å². The molecule has 0 aliphatic carbocycles. The van der Waals surface area contributed by atoms with Crippen LogP contribution < -0.4 is 5.32 Å². The summed E-state index contributed by atoms with van der Waals surface area (Å²) in [5, 5.41) is 2.40. The number of rotatable bonds is 7. The summed E-state index contributed by atoms with van der Waals surface area (Å²) in [6.07, 6.45) is 10.6. The van der Waals surface area contributed by atoms with Crippen LogP contribution in [0.1, 0.15) is 52.4 Å². The molecule has 1 rings (SSSR count). The third-order valence-corrected chi connectivity index (χ3v) is 3.33. The molecule has 1 aliphatic rings. The van der Waals surface area contributed by atoms with Gasteiger partial charge in [-0.15, -0.1) is 0 Å². The first-order chi connectivity index (χ1) is 8.20. The molecule has 0 aromatic heterocycles. The average Bonchev–Trinajstić information content (AvgIpc) is 2.58. The SMILES string of the molecule is CCCCCCC=CC1C(=O)NC(=O)C1CC. The van der Waals surface area contributed by atoms with Crippen LogP contribution in [0.25, 0.3) is 0 Å². The molecule has 17 heavy (non-hydrogen) atoms.